The average Bonchev–Trinajstić information content (AvgIpc) is 3.60. The molecule has 0 spiro atoms. The molecule has 5 nitrogen and oxygen atoms in total. The van der Waals surface area contributed by atoms with Crippen LogP contribution in [-0.2, 0) is 6.54 Å². The van der Waals surface area contributed by atoms with Crippen molar-refractivity contribution in [3.8, 4) is 5.75 Å². The number of carbonyl (C=O) groups excluding carboxylic acids is 1. The van der Waals surface area contributed by atoms with Crippen LogP contribution in [0.25, 0.3) is 0 Å². The second kappa shape index (κ2) is 9.19. The molecule has 2 N–H and O–H groups in total. The van der Waals surface area contributed by atoms with E-state index in [2.05, 4.69) is 16.3 Å². The zero-order valence-corrected chi connectivity index (χ0v) is 17.9. The van der Waals surface area contributed by atoms with Gasteiger partial charge in [0.2, 0.25) is 0 Å². The molecule has 4 rings (SSSR count). The summed E-state index contributed by atoms with van der Waals surface area (Å²) in [4.78, 5) is 14.5. The summed E-state index contributed by atoms with van der Waals surface area (Å²) in [6, 6.07) is 14.9. The summed E-state index contributed by atoms with van der Waals surface area (Å²) in [5.74, 6) is 0.826. The van der Waals surface area contributed by atoms with Crippen LogP contribution in [0.5, 0.6) is 5.75 Å². The minimum Gasteiger partial charge on any atom is -0.491 e. The molecule has 0 radical (unpaired) electrons. The van der Waals surface area contributed by atoms with Gasteiger partial charge in [0, 0.05) is 30.7 Å². The summed E-state index contributed by atoms with van der Waals surface area (Å²) in [7, 11) is 0. The Bertz CT molecular complexity index is 852. The second-order valence-corrected chi connectivity index (χ2v) is 8.89. The van der Waals surface area contributed by atoms with Gasteiger partial charge in [0.1, 0.15) is 18.5 Å². The van der Waals surface area contributed by atoms with Gasteiger partial charge >= 0.3 is 0 Å². The number of aliphatic hydroxyl groups excluding tert-OH is 1. The minimum atomic E-state index is -0.546. The fraction of sp³-hybridized carbons (Fsp3) is 0.480. The summed E-state index contributed by atoms with van der Waals surface area (Å²) in [5.41, 5.74) is 4.19. The van der Waals surface area contributed by atoms with E-state index in [1.165, 1.54) is 12.8 Å². The van der Waals surface area contributed by atoms with Crippen LogP contribution < -0.4 is 10.1 Å². The third kappa shape index (κ3) is 6.07. The Kier molecular flexibility index (Phi) is 6.40. The van der Waals surface area contributed by atoms with Crippen LogP contribution in [0, 0.1) is 13.8 Å². The lowest BCUT2D eigenvalue weighted by molar-refractivity contribution is 0.0626. The molecule has 0 bridgehead atoms. The van der Waals surface area contributed by atoms with Crippen LogP contribution in [0.2, 0.25) is 0 Å². The van der Waals surface area contributed by atoms with Crippen molar-refractivity contribution in [2.45, 2.75) is 64.3 Å². The van der Waals surface area contributed by atoms with Crippen LogP contribution in [0.1, 0.15) is 52.7 Å². The molecule has 5 heteroatoms. The van der Waals surface area contributed by atoms with Crippen LogP contribution in [0.15, 0.2) is 42.5 Å². The molecule has 0 heterocycles. The lowest BCUT2D eigenvalue weighted by atomic mass is 10.1. The van der Waals surface area contributed by atoms with Crippen molar-refractivity contribution in [3.63, 3.8) is 0 Å². The first kappa shape index (κ1) is 20.9. The fourth-order valence-corrected chi connectivity index (χ4v) is 3.81. The van der Waals surface area contributed by atoms with E-state index in [1.807, 2.05) is 50.2 Å². The standard InChI is InChI=1S/C25H32N2O3/c1-17-11-18(2)13-24(12-17)30-16-23(28)15-27(22-9-10-22)14-19-3-5-20(6-4-19)25(29)26-21-7-8-21/h3-6,11-13,21-23,28H,7-10,14-16H2,1-2H3,(H,26,29). The quantitative estimate of drug-likeness (QED) is 0.631. The number of nitrogens with zero attached hydrogens (tertiary/aromatic N) is 1. The average molecular weight is 409 g/mol. The highest BCUT2D eigenvalue weighted by molar-refractivity contribution is 5.94. The van der Waals surface area contributed by atoms with E-state index in [4.69, 9.17) is 4.74 Å². The molecule has 0 aromatic heterocycles. The summed E-state index contributed by atoms with van der Waals surface area (Å²) in [6.45, 7) is 5.74. The SMILES string of the molecule is Cc1cc(C)cc(OCC(O)CN(Cc2ccc(C(=O)NC3CC3)cc2)C2CC2)c1. The van der Waals surface area contributed by atoms with Gasteiger partial charge in [-0.05, 0) is 80.5 Å². The molecule has 2 aliphatic carbocycles. The predicted octanol–water partition coefficient (Wildman–Crippen LogP) is 3.60. The number of amides is 1. The van der Waals surface area contributed by atoms with E-state index in [9.17, 15) is 9.90 Å². The first-order chi connectivity index (χ1) is 14.5. The molecular formula is C25H32N2O3. The van der Waals surface area contributed by atoms with Gasteiger partial charge in [-0.2, -0.15) is 0 Å². The molecule has 1 atom stereocenters. The van der Waals surface area contributed by atoms with Gasteiger partial charge in [0.25, 0.3) is 5.91 Å². The topological polar surface area (TPSA) is 61.8 Å². The number of aliphatic hydroxyl groups is 1. The first-order valence-corrected chi connectivity index (χ1v) is 11.0. The first-order valence-electron chi connectivity index (χ1n) is 11.0. The maximum Gasteiger partial charge on any atom is 0.251 e. The summed E-state index contributed by atoms with van der Waals surface area (Å²) in [6.07, 6.45) is 3.99. The number of aryl methyl sites for hydroxylation is 2. The molecule has 30 heavy (non-hydrogen) atoms. The normalized spacial score (nSPS) is 17.1. The van der Waals surface area contributed by atoms with Gasteiger partial charge in [-0.25, -0.2) is 0 Å². The lowest BCUT2D eigenvalue weighted by Gasteiger charge is -2.25. The highest BCUT2D eigenvalue weighted by atomic mass is 16.5. The van der Waals surface area contributed by atoms with Crippen LogP contribution >= 0.6 is 0 Å². The largest absolute Gasteiger partial charge is 0.491 e. The molecule has 2 saturated carbocycles. The Labute approximate surface area is 179 Å². The van der Waals surface area contributed by atoms with E-state index in [0.717, 1.165) is 41.8 Å². The van der Waals surface area contributed by atoms with Crippen LogP contribution in [0.4, 0.5) is 0 Å². The van der Waals surface area contributed by atoms with E-state index < -0.39 is 6.10 Å². The van der Waals surface area contributed by atoms with Crippen molar-refractivity contribution in [1.29, 1.82) is 0 Å². The second-order valence-electron chi connectivity index (χ2n) is 8.89. The number of hydrogen-bond acceptors (Lipinski definition) is 4. The predicted molar refractivity (Wildman–Crippen MR) is 118 cm³/mol. The van der Waals surface area contributed by atoms with E-state index in [0.29, 0.717) is 24.2 Å². The monoisotopic (exact) mass is 408 g/mol. The Morgan fingerprint density at radius 1 is 1.10 bits per heavy atom. The van der Waals surface area contributed by atoms with Crippen molar-refractivity contribution in [3.05, 3.63) is 64.7 Å². The molecule has 1 amide bonds. The van der Waals surface area contributed by atoms with Crippen molar-refractivity contribution in [1.82, 2.24) is 10.2 Å². The van der Waals surface area contributed by atoms with Crippen molar-refractivity contribution >= 4 is 5.91 Å². The maximum atomic E-state index is 12.2. The molecule has 2 aromatic carbocycles. The Morgan fingerprint density at radius 2 is 1.77 bits per heavy atom. The van der Waals surface area contributed by atoms with Gasteiger partial charge in [0.15, 0.2) is 0 Å². The molecule has 2 aromatic rings. The fourth-order valence-electron chi connectivity index (χ4n) is 3.81. The number of nitrogens with one attached hydrogen (secondary N) is 1. The number of ether oxygens (including phenoxy) is 1. The van der Waals surface area contributed by atoms with Crippen LogP contribution in [-0.4, -0.2) is 47.3 Å². The summed E-state index contributed by atoms with van der Waals surface area (Å²) >= 11 is 0. The molecule has 2 aliphatic rings. The third-order valence-electron chi connectivity index (χ3n) is 5.66. The number of benzene rings is 2. The van der Waals surface area contributed by atoms with Crippen molar-refractivity contribution < 1.29 is 14.6 Å². The van der Waals surface area contributed by atoms with Gasteiger partial charge < -0.3 is 15.2 Å². The van der Waals surface area contributed by atoms with E-state index in [-0.39, 0.29) is 12.5 Å². The lowest BCUT2D eigenvalue weighted by Crippen LogP contribution is -2.36. The molecule has 0 aliphatic heterocycles. The highest BCUT2D eigenvalue weighted by Crippen LogP contribution is 2.29. The van der Waals surface area contributed by atoms with E-state index in [1.54, 1.807) is 0 Å². The Hall–Kier alpha value is -2.37. The van der Waals surface area contributed by atoms with Gasteiger partial charge in [-0.1, -0.05) is 18.2 Å². The Morgan fingerprint density at radius 3 is 2.37 bits per heavy atom. The zero-order chi connectivity index (χ0) is 21.1. The van der Waals surface area contributed by atoms with Gasteiger partial charge in [0.05, 0.1) is 0 Å². The third-order valence-corrected chi connectivity index (χ3v) is 5.66. The molecule has 0 saturated heterocycles. The summed E-state index contributed by atoms with van der Waals surface area (Å²) < 4.78 is 5.84. The van der Waals surface area contributed by atoms with Gasteiger partial charge in [-0.15, -0.1) is 0 Å². The number of carbonyl (C=O) groups is 1. The van der Waals surface area contributed by atoms with Crippen molar-refractivity contribution in [2.24, 2.45) is 0 Å². The zero-order valence-electron chi connectivity index (χ0n) is 17.9. The van der Waals surface area contributed by atoms with Crippen molar-refractivity contribution in [2.75, 3.05) is 13.2 Å². The molecule has 1 unspecified atom stereocenters. The maximum absolute atomic E-state index is 12.2. The number of hydrogen-bond donors (Lipinski definition) is 2. The smallest absolute Gasteiger partial charge is 0.251 e. The Balaban J connectivity index is 1.29. The minimum absolute atomic E-state index is 0.0158. The van der Waals surface area contributed by atoms with Gasteiger partial charge in [-0.3, -0.25) is 9.69 Å². The van der Waals surface area contributed by atoms with E-state index >= 15 is 0 Å². The summed E-state index contributed by atoms with van der Waals surface area (Å²) in [5, 5.41) is 13.6. The molecule has 2 fully saturated rings. The number of rotatable bonds is 10. The van der Waals surface area contributed by atoms with Crippen LogP contribution in [0.3, 0.4) is 0 Å². The molecular weight excluding hydrogens is 376 g/mol. The molecule has 160 valence electrons. The highest BCUT2D eigenvalue weighted by Gasteiger charge is 2.30.